The van der Waals surface area contributed by atoms with Crippen molar-refractivity contribution in [3.05, 3.63) is 33.0 Å². The van der Waals surface area contributed by atoms with Crippen molar-refractivity contribution in [2.75, 3.05) is 11.9 Å². The maximum Gasteiger partial charge on any atom is 0.348 e. The molecule has 0 atom stereocenters. The fourth-order valence-corrected chi connectivity index (χ4v) is 3.76. The molecule has 1 N–H and O–H groups in total. The maximum absolute atomic E-state index is 11.9. The van der Waals surface area contributed by atoms with Gasteiger partial charge < -0.3 is 4.74 Å². The molecule has 5 nitrogen and oxygen atoms in total. The van der Waals surface area contributed by atoms with Crippen LogP contribution >= 0.6 is 22.7 Å². The fourth-order valence-electron chi connectivity index (χ4n) is 2.07. The van der Waals surface area contributed by atoms with Crippen LogP contribution in [0.3, 0.4) is 0 Å². The van der Waals surface area contributed by atoms with E-state index in [1.807, 2.05) is 6.07 Å². The first-order chi connectivity index (χ1) is 9.72. The molecule has 2 heterocycles. The van der Waals surface area contributed by atoms with Gasteiger partial charge >= 0.3 is 5.97 Å². The number of thiazole rings is 1. The Hall–Kier alpha value is -1.73. The summed E-state index contributed by atoms with van der Waals surface area (Å²) in [6.45, 7) is -0.291. The average Bonchev–Trinajstić information content (AvgIpc) is 3.11. The number of aryl methyl sites for hydroxylation is 2. The molecule has 3 rings (SSSR count). The Morgan fingerprint density at radius 3 is 3.05 bits per heavy atom. The van der Waals surface area contributed by atoms with E-state index in [1.165, 1.54) is 33.1 Å². The number of rotatable bonds is 4. The summed E-state index contributed by atoms with van der Waals surface area (Å²) < 4.78 is 5.01. The zero-order valence-electron chi connectivity index (χ0n) is 10.5. The molecular weight excluding hydrogens is 296 g/mol. The lowest BCUT2D eigenvalue weighted by atomic mass is 10.2. The molecule has 104 valence electrons. The zero-order chi connectivity index (χ0) is 13.9. The van der Waals surface area contributed by atoms with E-state index < -0.39 is 5.97 Å². The van der Waals surface area contributed by atoms with Gasteiger partial charge in [0, 0.05) is 16.5 Å². The second kappa shape index (κ2) is 5.72. The molecule has 0 aromatic carbocycles. The highest BCUT2D eigenvalue weighted by Crippen LogP contribution is 2.30. The number of esters is 1. The van der Waals surface area contributed by atoms with Crippen molar-refractivity contribution in [2.24, 2.45) is 0 Å². The highest BCUT2D eigenvalue weighted by molar-refractivity contribution is 7.14. The first-order valence-corrected chi connectivity index (χ1v) is 7.90. The van der Waals surface area contributed by atoms with Gasteiger partial charge in [0.25, 0.3) is 5.91 Å². The van der Waals surface area contributed by atoms with Crippen LogP contribution < -0.4 is 5.32 Å². The molecule has 0 bridgehead atoms. The summed E-state index contributed by atoms with van der Waals surface area (Å²) in [5, 5.41) is 4.82. The molecule has 1 amide bonds. The van der Waals surface area contributed by atoms with Crippen LogP contribution in [0, 0.1) is 0 Å². The van der Waals surface area contributed by atoms with Gasteiger partial charge in [0.2, 0.25) is 0 Å². The minimum Gasteiger partial charge on any atom is -0.451 e. The number of fused-ring (bicyclic) bond motifs is 1. The topological polar surface area (TPSA) is 68.3 Å². The Kier molecular flexibility index (Phi) is 3.79. The van der Waals surface area contributed by atoms with E-state index in [0.717, 1.165) is 19.3 Å². The fraction of sp³-hybridized carbons (Fsp3) is 0.308. The number of hydrogen-bond acceptors (Lipinski definition) is 6. The predicted octanol–water partition coefficient (Wildman–Crippen LogP) is 2.49. The number of nitrogens with zero attached hydrogens (tertiary/aromatic N) is 1. The van der Waals surface area contributed by atoms with Crippen molar-refractivity contribution in [3.63, 3.8) is 0 Å². The van der Waals surface area contributed by atoms with Crippen LogP contribution in [0.2, 0.25) is 0 Å². The van der Waals surface area contributed by atoms with Crippen molar-refractivity contribution >= 4 is 39.7 Å². The lowest BCUT2D eigenvalue weighted by Gasteiger charge is -2.03. The quantitative estimate of drug-likeness (QED) is 0.881. The van der Waals surface area contributed by atoms with Crippen LogP contribution in [0.1, 0.15) is 26.5 Å². The second-order valence-corrected chi connectivity index (χ2v) is 6.41. The molecular formula is C13H12N2O3S2. The number of amides is 1. The average molecular weight is 308 g/mol. The number of carbonyl (C=O) groups excluding carboxylic acids is 2. The Labute approximate surface area is 123 Å². The maximum atomic E-state index is 11.9. The van der Waals surface area contributed by atoms with E-state index in [4.69, 9.17) is 4.74 Å². The molecule has 0 spiro atoms. The molecule has 0 saturated heterocycles. The lowest BCUT2D eigenvalue weighted by Crippen LogP contribution is -2.20. The number of nitrogens with one attached hydrogen (secondary N) is 1. The van der Waals surface area contributed by atoms with Crippen LogP contribution in [0.15, 0.2) is 17.6 Å². The Balaban J connectivity index is 1.52. The van der Waals surface area contributed by atoms with E-state index in [-0.39, 0.29) is 12.5 Å². The molecule has 2 aromatic rings. The third-order valence-corrected chi connectivity index (χ3v) is 4.87. The van der Waals surface area contributed by atoms with Gasteiger partial charge in [0.15, 0.2) is 11.7 Å². The number of aromatic nitrogens is 1. The summed E-state index contributed by atoms with van der Waals surface area (Å²) in [7, 11) is 0. The second-order valence-electron chi connectivity index (χ2n) is 4.37. The van der Waals surface area contributed by atoms with Crippen molar-refractivity contribution < 1.29 is 14.3 Å². The van der Waals surface area contributed by atoms with Crippen LogP contribution in [0.5, 0.6) is 0 Å². The minimum atomic E-state index is -0.432. The van der Waals surface area contributed by atoms with Crippen LogP contribution in [0.25, 0.3) is 0 Å². The highest BCUT2D eigenvalue weighted by Gasteiger charge is 2.20. The summed E-state index contributed by atoms with van der Waals surface area (Å²) in [6.07, 6.45) is 4.83. The smallest absolute Gasteiger partial charge is 0.348 e. The molecule has 1 aliphatic rings. The van der Waals surface area contributed by atoms with Gasteiger partial charge in [0.1, 0.15) is 4.88 Å². The van der Waals surface area contributed by atoms with E-state index in [1.54, 1.807) is 11.6 Å². The molecule has 1 aliphatic carbocycles. The molecule has 0 radical (unpaired) electrons. The Bertz CT molecular complexity index is 613. The highest BCUT2D eigenvalue weighted by atomic mass is 32.1. The van der Waals surface area contributed by atoms with Gasteiger partial charge in [-0.25, -0.2) is 9.78 Å². The third kappa shape index (κ3) is 2.88. The summed E-state index contributed by atoms with van der Waals surface area (Å²) in [5.41, 5.74) is 1.24. The molecule has 2 aromatic heterocycles. The number of ether oxygens (including phenoxy) is 1. The molecule has 0 saturated carbocycles. The monoisotopic (exact) mass is 308 g/mol. The van der Waals surface area contributed by atoms with Crippen molar-refractivity contribution in [1.82, 2.24) is 4.98 Å². The number of anilines is 1. The molecule has 0 fully saturated rings. The van der Waals surface area contributed by atoms with Crippen molar-refractivity contribution in [2.45, 2.75) is 19.3 Å². The SMILES string of the molecule is O=C(COC(=O)c1cc2c(s1)CCC2)Nc1nccs1. The summed E-state index contributed by atoms with van der Waals surface area (Å²) in [4.78, 5) is 29.2. The molecule has 7 heteroatoms. The number of hydrogen-bond donors (Lipinski definition) is 1. The molecule has 0 aliphatic heterocycles. The van der Waals surface area contributed by atoms with E-state index in [0.29, 0.717) is 10.0 Å². The summed E-state index contributed by atoms with van der Waals surface area (Å²) >= 11 is 2.79. The van der Waals surface area contributed by atoms with Crippen molar-refractivity contribution in [3.8, 4) is 0 Å². The first kappa shape index (κ1) is 13.3. The van der Waals surface area contributed by atoms with Crippen LogP contribution in [0.4, 0.5) is 5.13 Å². The molecule has 20 heavy (non-hydrogen) atoms. The van der Waals surface area contributed by atoms with E-state index >= 15 is 0 Å². The van der Waals surface area contributed by atoms with Crippen LogP contribution in [-0.4, -0.2) is 23.5 Å². The summed E-state index contributed by atoms with van der Waals surface area (Å²) in [6, 6.07) is 1.88. The largest absolute Gasteiger partial charge is 0.451 e. The van der Waals surface area contributed by atoms with Gasteiger partial charge in [-0.3, -0.25) is 10.1 Å². The minimum absolute atomic E-state index is 0.291. The zero-order valence-corrected chi connectivity index (χ0v) is 12.2. The van der Waals surface area contributed by atoms with Gasteiger partial charge in [-0.05, 0) is 30.9 Å². The standard InChI is InChI=1S/C13H12N2O3S2/c16-11(15-13-14-4-5-19-13)7-18-12(17)10-6-8-2-1-3-9(8)20-10/h4-6H,1-3,7H2,(H,14,15,16). The van der Waals surface area contributed by atoms with E-state index in [9.17, 15) is 9.59 Å². The molecule has 0 unspecified atom stereocenters. The number of thiophene rings is 1. The lowest BCUT2D eigenvalue weighted by molar-refractivity contribution is -0.119. The normalized spacial score (nSPS) is 13.0. The van der Waals surface area contributed by atoms with Gasteiger partial charge in [-0.1, -0.05) is 0 Å². The van der Waals surface area contributed by atoms with Crippen molar-refractivity contribution in [1.29, 1.82) is 0 Å². The van der Waals surface area contributed by atoms with Gasteiger partial charge in [0.05, 0.1) is 0 Å². The third-order valence-electron chi connectivity index (χ3n) is 2.96. The number of carbonyl (C=O) groups is 2. The van der Waals surface area contributed by atoms with Gasteiger partial charge in [-0.15, -0.1) is 22.7 Å². The predicted molar refractivity (Wildman–Crippen MR) is 77.4 cm³/mol. The van der Waals surface area contributed by atoms with Gasteiger partial charge in [-0.2, -0.15) is 0 Å². The van der Waals surface area contributed by atoms with Crippen LogP contribution in [-0.2, 0) is 22.4 Å². The Morgan fingerprint density at radius 1 is 1.40 bits per heavy atom. The van der Waals surface area contributed by atoms with E-state index in [2.05, 4.69) is 10.3 Å². The Morgan fingerprint density at radius 2 is 2.30 bits per heavy atom. The first-order valence-electron chi connectivity index (χ1n) is 6.20. The summed E-state index contributed by atoms with van der Waals surface area (Å²) in [5.74, 6) is -0.809.